The number of hydrogen-bond acceptors (Lipinski definition) is 3. The molecular formula is C7H17N3. The predicted molar refractivity (Wildman–Crippen MR) is 42.4 cm³/mol. The number of likely N-dealkylation sites (N-methyl/N-ethyl adjacent to an activating group) is 1. The van der Waals surface area contributed by atoms with E-state index in [4.69, 9.17) is 5.84 Å². The minimum Gasteiger partial charge on any atom is -0.301 e. The molecule has 3 nitrogen and oxygen atoms in total. The van der Waals surface area contributed by atoms with Crippen molar-refractivity contribution in [1.29, 1.82) is 0 Å². The summed E-state index contributed by atoms with van der Waals surface area (Å²) in [6.45, 7) is 6.42. The van der Waals surface area contributed by atoms with Crippen molar-refractivity contribution in [2.24, 2.45) is 5.84 Å². The van der Waals surface area contributed by atoms with E-state index in [0.29, 0.717) is 12.1 Å². The van der Waals surface area contributed by atoms with Crippen molar-refractivity contribution in [1.82, 2.24) is 9.91 Å². The van der Waals surface area contributed by atoms with Gasteiger partial charge in [0.15, 0.2) is 0 Å². The predicted octanol–water partition coefficient (Wildman–Crippen LogP) is -0.115. The molecule has 0 amide bonds. The quantitative estimate of drug-likeness (QED) is 0.480. The molecule has 60 valence electrons. The van der Waals surface area contributed by atoms with E-state index >= 15 is 0 Å². The fourth-order valence-corrected chi connectivity index (χ4v) is 1.33. The zero-order chi connectivity index (χ0) is 7.72. The van der Waals surface area contributed by atoms with Gasteiger partial charge in [-0.15, -0.1) is 0 Å². The zero-order valence-electron chi connectivity index (χ0n) is 7.04. The molecule has 1 heterocycles. The van der Waals surface area contributed by atoms with Gasteiger partial charge < -0.3 is 4.90 Å². The Morgan fingerprint density at radius 3 is 2.30 bits per heavy atom. The summed E-state index contributed by atoms with van der Waals surface area (Å²) in [7, 11) is 2.15. The van der Waals surface area contributed by atoms with E-state index in [1.807, 2.05) is 5.01 Å². The Bertz CT molecular complexity index is 89.4. The third-order valence-electron chi connectivity index (χ3n) is 2.35. The molecule has 1 aliphatic rings. The maximum atomic E-state index is 5.74. The van der Waals surface area contributed by atoms with Crippen molar-refractivity contribution in [3.8, 4) is 0 Å². The smallest absolute Gasteiger partial charge is 0.0340 e. The van der Waals surface area contributed by atoms with Gasteiger partial charge in [-0.05, 0) is 20.9 Å². The standard InChI is InChI=1S/C7H17N3/c1-6-5-10(8)7(2)4-9(6)3/h6-7H,4-5,8H2,1-3H3/t6-,7-/m0/s1. The van der Waals surface area contributed by atoms with Gasteiger partial charge in [-0.25, -0.2) is 5.01 Å². The number of hydrogen-bond donors (Lipinski definition) is 1. The molecular weight excluding hydrogens is 126 g/mol. The van der Waals surface area contributed by atoms with Crippen molar-refractivity contribution < 1.29 is 0 Å². The topological polar surface area (TPSA) is 32.5 Å². The van der Waals surface area contributed by atoms with Gasteiger partial charge in [0, 0.05) is 25.2 Å². The molecule has 1 rings (SSSR count). The van der Waals surface area contributed by atoms with Crippen molar-refractivity contribution in [3.63, 3.8) is 0 Å². The van der Waals surface area contributed by atoms with Gasteiger partial charge in [0.05, 0.1) is 0 Å². The van der Waals surface area contributed by atoms with Gasteiger partial charge in [-0.1, -0.05) is 0 Å². The van der Waals surface area contributed by atoms with Crippen LogP contribution in [0.15, 0.2) is 0 Å². The van der Waals surface area contributed by atoms with Crippen LogP contribution in [-0.4, -0.2) is 42.1 Å². The Kier molecular flexibility index (Phi) is 2.28. The number of hydrazine groups is 1. The first kappa shape index (κ1) is 7.98. The van der Waals surface area contributed by atoms with E-state index in [-0.39, 0.29) is 0 Å². The summed E-state index contributed by atoms with van der Waals surface area (Å²) in [6, 6.07) is 1.10. The second-order valence-corrected chi connectivity index (χ2v) is 3.33. The lowest BCUT2D eigenvalue weighted by Gasteiger charge is -2.39. The van der Waals surface area contributed by atoms with Crippen LogP contribution in [0.2, 0.25) is 0 Å². The first-order valence-corrected chi connectivity index (χ1v) is 3.83. The Hall–Kier alpha value is -0.120. The molecule has 2 N–H and O–H groups in total. The third-order valence-corrected chi connectivity index (χ3v) is 2.35. The first-order valence-electron chi connectivity index (χ1n) is 3.83. The van der Waals surface area contributed by atoms with Crippen molar-refractivity contribution in [3.05, 3.63) is 0 Å². The SMILES string of the molecule is C[C@H]1CN(N)[C@@H](C)CN1C. The molecule has 0 aromatic rings. The molecule has 0 radical (unpaired) electrons. The van der Waals surface area contributed by atoms with Crippen LogP contribution in [0, 0.1) is 0 Å². The average molecular weight is 143 g/mol. The third kappa shape index (κ3) is 1.48. The lowest BCUT2D eigenvalue weighted by Crippen LogP contribution is -2.57. The Morgan fingerprint density at radius 2 is 1.80 bits per heavy atom. The van der Waals surface area contributed by atoms with E-state index in [1.165, 1.54) is 0 Å². The summed E-state index contributed by atoms with van der Waals surface area (Å²) in [5, 5.41) is 1.92. The van der Waals surface area contributed by atoms with Crippen LogP contribution in [0.1, 0.15) is 13.8 Å². The molecule has 0 spiro atoms. The van der Waals surface area contributed by atoms with Crippen LogP contribution in [0.3, 0.4) is 0 Å². The minimum absolute atomic E-state index is 0.501. The monoisotopic (exact) mass is 143 g/mol. The maximum absolute atomic E-state index is 5.74. The molecule has 1 fully saturated rings. The van der Waals surface area contributed by atoms with Crippen LogP contribution in [0.25, 0.3) is 0 Å². The van der Waals surface area contributed by atoms with Crippen molar-refractivity contribution >= 4 is 0 Å². The van der Waals surface area contributed by atoms with Gasteiger partial charge in [-0.2, -0.15) is 0 Å². The molecule has 0 aromatic heterocycles. The highest BCUT2D eigenvalue weighted by Crippen LogP contribution is 2.08. The molecule has 1 saturated heterocycles. The number of nitrogens with two attached hydrogens (primary N) is 1. The first-order chi connectivity index (χ1) is 4.61. The van der Waals surface area contributed by atoms with E-state index in [0.717, 1.165) is 13.1 Å². The normalized spacial score (nSPS) is 38.4. The van der Waals surface area contributed by atoms with E-state index in [1.54, 1.807) is 0 Å². The van der Waals surface area contributed by atoms with Crippen LogP contribution in [0.4, 0.5) is 0 Å². The number of nitrogens with zero attached hydrogens (tertiary/aromatic N) is 2. The lowest BCUT2D eigenvalue weighted by atomic mass is 10.1. The molecule has 10 heavy (non-hydrogen) atoms. The fraction of sp³-hybridized carbons (Fsp3) is 1.00. The Labute approximate surface area is 62.8 Å². The summed E-state index contributed by atoms with van der Waals surface area (Å²) in [4.78, 5) is 2.34. The summed E-state index contributed by atoms with van der Waals surface area (Å²) < 4.78 is 0. The molecule has 0 aromatic carbocycles. The highest BCUT2D eigenvalue weighted by molar-refractivity contribution is 4.78. The fourth-order valence-electron chi connectivity index (χ4n) is 1.33. The molecule has 3 heteroatoms. The Balaban J connectivity index is 2.46. The molecule has 0 unspecified atom stereocenters. The van der Waals surface area contributed by atoms with Crippen LogP contribution in [-0.2, 0) is 0 Å². The van der Waals surface area contributed by atoms with E-state index in [2.05, 4.69) is 25.8 Å². The molecule has 0 bridgehead atoms. The molecule has 2 atom stereocenters. The summed E-state index contributed by atoms with van der Waals surface area (Å²) in [6.07, 6.45) is 0. The molecule has 0 aliphatic carbocycles. The van der Waals surface area contributed by atoms with Crippen molar-refractivity contribution in [2.75, 3.05) is 20.1 Å². The van der Waals surface area contributed by atoms with Gasteiger partial charge in [0.2, 0.25) is 0 Å². The van der Waals surface area contributed by atoms with Gasteiger partial charge in [-0.3, -0.25) is 5.84 Å². The van der Waals surface area contributed by atoms with Gasteiger partial charge in [0.1, 0.15) is 0 Å². The lowest BCUT2D eigenvalue weighted by molar-refractivity contribution is 0.0603. The Morgan fingerprint density at radius 1 is 1.20 bits per heavy atom. The van der Waals surface area contributed by atoms with Gasteiger partial charge >= 0.3 is 0 Å². The second kappa shape index (κ2) is 2.86. The highest BCUT2D eigenvalue weighted by Gasteiger charge is 2.23. The second-order valence-electron chi connectivity index (χ2n) is 3.33. The van der Waals surface area contributed by atoms with E-state index < -0.39 is 0 Å². The van der Waals surface area contributed by atoms with E-state index in [9.17, 15) is 0 Å². The minimum atomic E-state index is 0.501. The zero-order valence-corrected chi connectivity index (χ0v) is 7.04. The van der Waals surface area contributed by atoms with Gasteiger partial charge in [0.25, 0.3) is 0 Å². The summed E-state index contributed by atoms with van der Waals surface area (Å²) in [5.41, 5.74) is 0. The largest absolute Gasteiger partial charge is 0.301 e. The maximum Gasteiger partial charge on any atom is 0.0340 e. The van der Waals surface area contributed by atoms with Crippen LogP contribution in [0.5, 0.6) is 0 Å². The van der Waals surface area contributed by atoms with Crippen LogP contribution >= 0.6 is 0 Å². The highest BCUT2D eigenvalue weighted by atomic mass is 15.5. The average Bonchev–Trinajstić information content (AvgIpc) is 1.84. The molecule has 1 aliphatic heterocycles. The number of piperazine rings is 1. The summed E-state index contributed by atoms with van der Waals surface area (Å²) in [5.74, 6) is 5.74. The number of rotatable bonds is 0. The summed E-state index contributed by atoms with van der Waals surface area (Å²) >= 11 is 0. The molecule has 0 saturated carbocycles. The van der Waals surface area contributed by atoms with Crippen LogP contribution < -0.4 is 5.84 Å². The van der Waals surface area contributed by atoms with Crippen molar-refractivity contribution in [2.45, 2.75) is 25.9 Å².